The molecular weight excluding hydrogens is 440 g/mol. The van der Waals surface area contributed by atoms with Crippen LogP contribution >= 0.6 is 0 Å². The number of amides is 2. The number of hydroxylamine groups is 2. The van der Waals surface area contributed by atoms with Gasteiger partial charge in [0.05, 0.1) is 6.61 Å². The van der Waals surface area contributed by atoms with Gasteiger partial charge in [-0.05, 0) is 81.0 Å². The lowest BCUT2D eigenvalue weighted by Crippen LogP contribution is -2.49. The van der Waals surface area contributed by atoms with Gasteiger partial charge < -0.3 is 10.6 Å². The average molecular weight is 483 g/mol. The third kappa shape index (κ3) is 6.50. The molecule has 4 rings (SSSR count). The van der Waals surface area contributed by atoms with Gasteiger partial charge in [0.15, 0.2) is 0 Å². The molecule has 1 saturated carbocycles. The summed E-state index contributed by atoms with van der Waals surface area (Å²) in [6.45, 7) is 7.86. The molecule has 0 aromatic heterocycles. The number of hydrogen-bond acceptors (Lipinski definition) is 5. The quantitative estimate of drug-likeness (QED) is 0.530. The molecule has 2 aliphatic heterocycles. The van der Waals surface area contributed by atoms with E-state index in [2.05, 4.69) is 24.5 Å². The van der Waals surface area contributed by atoms with Crippen LogP contribution < -0.4 is 10.6 Å². The zero-order chi connectivity index (χ0) is 24.8. The van der Waals surface area contributed by atoms with Gasteiger partial charge in [-0.1, -0.05) is 32.3 Å². The molecule has 0 bridgehead atoms. The van der Waals surface area contributed by atoms with Crippen molar-refractivity contribution in [2.45, 2.75) is 90.5 Å². The van der Waals surface area contributed by atoms with E-state index in [-0.39, 0.29) is 11.8 Å². The molecule has 1 aromatic rings. The predicted molar refractivity (Wildman–Crippen MR) is 139 cm³/mol. The van der Waals surface area contributed by atoms with Crippen molar-refractivity contribution in [3.05, 3.63) is 29.3 Å². The van der Waals surface area contributed by atoms with Crippen LogP contribution in [0.5, 0.6) is 0 Å². The molecule has 35 heavy (non-hydrogen) atoms. The van der Waals surface area contributed by atoms with Gasteiger partial charge in [0.25, 0.3) is 5.91 Å². The Kier molecular flexibility index (Phi) is 8.60. The number of amidine groups is 1. The zero-order valence-electron chi connectivity index (χ0n) is 21.7. The summed E-state index contributed by atoms with van der Waals surface area (Å²) in [5.41, 5.74) is 2.58. The summed E-state index contributed by atoms with van der Waals surface area (Å²) >= 11 is 0. The van der Waals surface area contributed by atoms with Gasteiger partial charge >= 0.3 is 0 Å². The number of carbonyl (C=O) groups excluding carboxylic acids is 2. The second-order valence-corrected chi connectivity index (χ2v) is 10.7. The van der Waals surface area contributed by atoms with Gasteiger partial charge in [-0.3, -0.25) is 19.4 Å². The van der Waals surface area contributed by atoms with Crippen LogP contribution in [0.1, 0.15) is 82.8 Å². The first-order chi connectivity index (χ1) is 16.9. The van der Waals surface area contributed by atoms with Crippen molar-refractivity contribution >= 4 is 23.3 Å². The first kappa shape index (κ1) is 25.8. The predicted octanol–water partition coefficient (Wildman–Crippen LogP) is 4.79. The largest absolute Gasteiger partial charge is 0.326 e. The minimum absolute atomic E-state index is 0.0643. The lowest BCUT2D eigenvalue weighted by Gasteiger charge is -2.34. The number of piperidine rings is 1. The molecule has 2 amide bonds. The SMILES string of the molecule is CCCCC1CCC(C2=NC3(CCN(OCCc4ccc(NC(C)=O)cc4C)CC3)C(=O)N2)CC1. The molecule has 2 fully saturated rings. The Morgan fingerprint density at radius 3 is 2.63 bits per heavy atom. The topological polar surface area (TPSA) is 83.0 Å². The Hall–Kier alpha value is -2.25. The van der Waals surface area contributed by atoms with Crippen LogP contribution in [0.2, 0.25) is 0 Å². The lowest BCUT2D eigenvalue weighted by molar-refractivity contribution is -0.176. The summed E-state index contributed by atoms with van der Waals surface area (Å²) in [5, 5.41) is 7.98. The molecule has 1 spiro atoms. The fraction of sp³-hybridized carbons (Fsp3) is 0.679. The molecule has 7 heteroatoms. The fourth-order valence-corrected chi connectivity index (χ4v) is 5.82. The van der Waals surface area contributed by atoms with Crippen LogP contribution in [0.25, 0.3) is 0 Å². The van der Waals surface area contributed by atoms with Crippen LogP contribution in [-0.2, 0) is 20.8 Å². The summed E-state index contributed by atoms with van der Waals surface area (Å²) < 4.78 is 0. The maximum absolute atomic E-state index is 12.9. The number of benzene rings is 1. The van der Waals surface area contributed by atoms with Crippen molar-refractivity contribution in [3.8, 4) is 0 Å². The van der Waals surface area contributed by atoms with Crippen molar-refractivity contribution in [1.82, 2.24) is 10.4 Å². The third-order valence-corrected chi connectivity index (χ3v) is 8.06. The molecule has 1 aliphatic carbocycles. The first-order valence-electron chi connectivity index (χ1n) is 13.5. The highest BCUT2D eigenvalue weighted by Gasteiger charge is 2.47. The number of unbranched alkanes of at least 4 members (excludes halogenated alkanes) is 1. The normalized spacial score (nSPS) is 24.3. The highest BCUT2D eigenvalue weighted by molar-refractivity contribution is 6.09. The Balaban J connectivity index is 1.23. The minimum Gasteiger partial charge on any atom is -0.326 e. The van der Waals surface area contributed by atoms with Crippen LogP contribution in [0.3, 0.4) is 0 Å². The summed E-state index contributed by atoms with van der Waals surface area (Å²) in [6.07, 6.45) is 11.0. The molecule has 7 nitrogen and oxygen atoms in total. The number of rotatable bonds is 9. The summed E-state index contributed by atoms with van der Waals surface area (Å²) in [5.74, 6) is 2.26. The summed E-state index contributed by atoms with van der Waals surface area (Å²) in [7, 11) is 0. The van der Waals surface area contributed by atoms with Gasteiger partial charge in [-0.15, -0.1) is 0 Å². The van der Waals surface area contributed by atoms with Crippen molar-refractivity contribution in [2.75, 3.05) is 25.0 Å². The van der Waals surface area contributed by atoms with Gasteiger partial charge in [-0.25, -0.2) is 0 Å². The minimum atomic E-state index is -0.593. The standard InChI is InChI=1S/C28H42N4O3/c1-4-5-6-22-7-9-24(10-8-22)26-30-27(34)28(31-26)14-16-32(17-15-28)35-18-13-23-11-12-25(19-20(23)2)29-21(3)33/h11-12,19,22,24H,4-10,13-18H2,1-3H3,(H,29,33)(H,30,31,34). The number of nitrogens with one attached hydrogen (secondary N) is 2. The van der Waals surface area contributed by atoms with Crippen LogP contribution in [-0.4, -0.2) is 47.9 Å². The number of hydrogen-bond donors (Lipinski definition) is 2. The monoisotopic (exact) mass is 482 g/mol. The first-order valence-corrected chi connectivity index (χ1v) is 13.5. The highest BCUT2D eigenvalue weighted by Crippen LogP contribution is 2.36. The van der Waals surface area contributed by atoms with E-state index >= 15 is 0 Å². The lowest BCUT2D eigenvalue weighted by atomic mass is 9.79. The molecular formula is C28H42N4O3. The molecule has 0 radical (unpaired) electrons. The van der Waals surface area contributed by atoms with Crippen LogP contribution in [0.15, 0.2) is 23.2 Å². The number of anilines is 1. The van der Waals surface area contributed by atoms with E-state index in [4.69, 9.17) is 9.83 Å². The number of nitrogens with zero attached hydrogens (tertiary/aromatic N) is 2. The molecule has 1 aromatic carbocycles. The highest BCUT2D eigenvalue weighted by atomic mass is 16.7. The molecule has 3 aliphatic rings. The van der Waals surface area contributed by atoms with Gasteiger partial charge in [0.2, 0.25) is 5.91 Å². The van der Waals surface area contributed by atoms with E-state index in [1.54, 1.807) is 0 Å². The maximum atomic E-state index is 12.9. The molecule has 0 unspecified atom stereocenters. The summed E-state index contributed by atoms with van der Waals surface area (Å²) in [6, 6.07) is 5.97. The number of carbonyl (C=O) groups is 2. The smallest absolute Gasteiger partial charge is 0.253 e. The van der Waals surface area contributed by atoms with Crippen molar-refractivity contribution in [2.24, 2.45) is 16.8 Å². The van der Waals surface area contributed by atoms with Crippen molar-refractivity contribution < 1.29 is 14.4 Å². The van der Waals surface area contributed by atoms with Gasteiger partial charge in [0, 0.05) is 31.6 Å². The number of aliphatic imine (C=N–C) groups is 1. The van der Waals surface area contributed by atoms with Crippen molar-refractivity contribution in [1.29, 1.82) is 0 Å². The van der Waals surface area contributed by atoms with E-state index in [9.17, 15) is 9.59 Å². The molecule has 0 atom stereocenters. The molecule has 1 saturated heterocycles. The van der Waals surface area contributed by atoms with Crippen LogP contribution in [0, 0.1) is 18.8 Å². The second-order valence-electron chi connectivity index (χ2n) is 10.7. The fourth-order valence-electron chi connectivity index (χ4n) is 5.82. The molecule has 2 heterocycles. The maximum Gasteiger partial charge on any atom is 0.253 e. The average Bonchev–Trinajstić information content (AvgIpc) is 3.16. The van der Waals surface area contributed by atoms with Crippen LogP contribution in [0.4, 0.5) is 5.69 Å². The van der Waals surface area contributed by atoms with E-state index in [1.807, 2.05) is 23.3 Å². The number of aryl methyl sites for hydroxylation is 1. The Morgan fingerprint density at radius 1 is 1.23 bits per heavy atom. The second kappa shape index (κ2) is 11.7. The summed E-state index contributed by atoms with van der Waals surface area (Å²) in [4.78, 5) is 35.2. The van der Waals surface area contributed by atoms with E-state index in [1.165, 1.54) is 44.6 Å². The Bertz CT molecular complexity index is 928. The van der Waals surface area contributed by atoms with E-state index in [0.29, 0.717) is 38.5 Å². The van der Waals surface area contributed by atoms with E-state index in [0.717, 1.165) is 42.3 Å². The van der Waals surface area contributed by atoms with Gasteiger partial charge in [0.1, 0.15) is 11.4 Å². The Labute approximate surface area is 210 Å². The molecule has 2 N–H and O–H groups in total. The van der Waals surface area contributed by atoms with E-state index < -0.39 is 5.54 Å². The third-order valence-electron chi connectivity index (χ3n) is 8.06. The molecule has 192 valence electrons. The zero-order valence-corrected chi connectivity index (χ0v) is 21.7. The van der Waals surface area contributed by atoms with Crippen molar-refractivity contribution in [3.63, 3.8) is 0 Å². The Morgan fingerprint density at radius 2 is 1.97 bits per heavy atom. The van der Waals surface area contributed by atoms with Gasteiger partial charge in [-0.2, -0.15) is 5.06 Å².